The predicted molar refractivity (Wildman–Crippen MR) is 74.3 cm³/mol. The van der Waals surface area contributed by atoms with Gasteiger partial charge >= 0.3 is 12.3 Å². The quantitative estimate of drug-likeness (QED) is 0.425. The molecule has 0 aromatic heterocycles. The summed E-state index contributed by atoms with van der Waals surface area (Å²) in [6.45, 7) is 1.03. The molecule has 0 saturated carbocycles. The second-order valence-electron chi connectivity index (χ2n) is 4.80. The van der Waals surface area contributed by atoms with Gasteiger partial charge in [-0.3, -0.25) is 0 Å². The van der Waals surface area contributed by atoms with E-state index >= 15 is 0 Å². The van der Waals surface area contributed by atoms with Crippen LogP contribution in [0.3, 0.4) is 0 Å². The molecule has 0 amide bonds. The largest absolute Gasteiger partial charge is 0.573 e. The zero-order chi connectivity index (χ0) is 19.6. The molecule has 26 heavy (non-hydrogen) atoms. The summed E-state index contributed by atoms with van der Waals surface area (Å²) in [7, 11) is 0. The summed E-state index contributed by atoms with van der Waals surface area (Å²) in [4.78, 5) is 11.5. The van der Waals surface area contributed by atoms with Crippen LogP contribution in [0.4, 0.5) is 30.7 Å². The molecule has 2 rings (SSSR count). The molecule has 0 bridgehead atoms. The number of halogens is 7. The van der Waals surface area contributed by atoms with Crippen molar-refractivity contribution in [3.8, 4) is 16.9 Å². The molecule has 0 heterocycles. The molecule has 3 nitrogen and oxygen atoms in total. The highest BCUT2D eigenvalue weighted by atomic mass is 19.4. The SMILES string of the molecule is CCOC(=O)c1c(F)c(F)c(-c2ccc(OC(F)(F)F)cc2)c(F)c1F. The number of hydrogen-bond acceptors (Lipinski definition) is 3. The maximum atomic E-state index is 14.2. The number of carbonyl (C=O) groups excluding carboxylic acids is 1. The van der Waals surface area contributed by atoms with Gasteiger partial charge in [-0.05, 0) is 24.6 Å². The average molecular weight is 382 g/mol. The van der Waals surface area contributed by atoms with Gasteiger partial charge < -0.3 is 9.47 Å². The van der Waals surface area contributed by atoms with Gasteiger partial charge in [0.05, 0.1) is 12.2 Å². The Morgan fingerprint density at radius 3 is 1.85 bits per heavy atom. The van der Waals surface area contributed by atoms with Crippen molar-refractivity contribution in [1.29, 1.82) is 0 Å². The molecule has 0 unspecified atom stereocenters. The fourth-order valence-corrected chi connectivity index (χ4v) is 2.09. The van der Waals surface area contributed by atoms with E-state index in [9.17, 15) is 35.5 Å². The monoisotopic (exact) mass is 382 g/mol. The summed E-state index contributed by atoms with van der Waals surface area (Å²) < 4.78 is 101. The standard InChI is InChI=1S/C16H9F7O3/c1-2-25-15(24)10-13(19)11(17)9(12(18)14(10)20)7-3-5-8(6-4-7)26-16(21,22)23/h3-6H,2H2,1H3. The molecule has 0 aliphatic carbocycles. The Kier molecular flexibility index (Phi) is 5.43. The minimum atomic E-state index is -4.99. The van der Waals surface area contributed by atoms with Crippen molar-refractivity contribution in [2.75, 3.05) is 6.61 Å². The summed E-state index contributed by atoms with van der Waals surface area (Å²) in [6, 6.07) is 2.95. The number of benzene rings is 2. The summed E-state index contributed by atoms with van der Waals surface area (Å²) in [5.74, 6) is -10.0. The average Bonchev–Trinajstić information content (AvgIpc) is 2.54. The molecular weight excluding hydrogens is 373 g/mol. The minimum absolute atomic E-state index is 0.288. The van der Waals surface area contributed by atoms with E-state index in [-0.39, 0.29) is 6.61 Å². The van der Waals surface area contributed by atoms with Gasteiger partial charge in [0.1, 0.15) is 11.3 Å². The topological polar surface area (TPSA) is 35.5 Å². The van der Waals surface area contributed by atoms with Crippen LogP contribution < -0.4 is 4.74 Å². The lowest BCUT2D eigenvalue weighted by Gasteiger charge is -2.13. The van der Waals surface area contributed by atoms with E-state index in [1.165, 1.54) is 6.92 Å². The lowest BCUT2D eigenvalue weighted by atomic mass is 10.0. The summed E-state index contributed by atoms with van der Waals surface area (Å²) in [5, 5.41) is 0. The molecule has 0 spiro atoms. The Labute approximate surface area is 141 Å². The normalized spacial score (nSPS) is 11.4. The fraction of sp³-hybridized carbons (Fsp3) is 0.188. The third-order valence-electron chi connectivity index (χ3n) is 3.12. The van der Waals surface area contributed by atoms with Gasteiger partial charge in [-0.15, -0.1) is 13.2 Å². The first-order valence-corrected chi connectivity index (χ1v) is 6.96. The first-order valence-electron chi connectivity index (χ1n) is 6.96. The van der Waals surface area contributed by atoms with Crippen LogP contribution in [-0.4, -0.2) is 18.9 Å². The van der Waals surface area contributed by atoms with E-state index in [4.69, 9.17) is 0 Å². The molecule has 0 fully saturated rings. The summed E-state index contributed by atoms with van der Waals surface area (Å²) >= 11 is 0. The first-order chi connectivity index (χ1) is 12.1. The number of ether oxygens (including phenoxy) is 2. The van der Waals surface area contributed by atoms with E-state index in [0.717, 1.165) is 12.1 Å². The highest BCUT2D eigenvalue weighted by Crippen LogP contribution is 2.34. The molecule has 2 aromatic carbocycles. The Morgan fingerprint density at radius 2 is 1.42 bits per heavy atom. The molecule has 140 valence electrons. The maximum Gasteiger partial charge on any atom is 0.573 e. The number of hydrogen-bond donors (Lipinski definition) is 0. The van der Waals surface area contributed by atoms with Crippen molar-refractivity contribution in [2.24, 2.45) is 0 Å². The lowest BCUT2D eigenvalue weighted by Crippen LogP contribution is -2.17. The molecule has 0 aliphatic rings. The Hall–Kier alpha value is -2.78. The number of alkyl halides is 3. The van der Waals surface area contributed by atoms with Crippen LogP contribution in [-0.2, 0) is 4.74 Å². The van der Waals surface area contributed by atoms with Gasteiger partial charge in [0, 0.05) is 0 Å². The van der Waals surface area contributed by atoms with E-state index in [2.05, 4.69) is 9.47 Å². The van der Waals surface area contributed by atoms with Crippen molar-refractivity contribution >= 4 is 5.97 Å². The minimum Gasteiger partial charge on any atom is -0.462 e. The molecular formula is C16H9F7O3. The Bertz CT molecular complexity index is 800. The van der Waals surface area contributed by atoms with Crippen LogP contribution in [0.15, 0.2) is 24.3 Å². The molecule has 0 atom stereocenters. The van der Waals surface area contributed by atoms with Crippen LogP contribution in [0.2, 0.25) is 0 Å². The summed E-state index contributed by atoms with van der Waals surface area (Å²) in [5.41, 5.74) is -3.20. The third-order valence-corrected chi connectivity index (χ3v) is 3.12. The second kappa shape index (κ2) is 7.22. The Balaban J connectivity index is 2.53. The number of rotatable bonds is 4. The molecule has 10 heteroatoms. The van der Waals surface area contributed by atoms with Crippen LogP contribution in [0, 0.1) is 23.3 Å². The molecule has 2 aromatic rings. The van der Waals surface area contributed by atoms with Gasteiger partial charge in [-0.1, -0.05) is 12.1 Å². The molecule has 0 radical (unpaired) electrons. The van der Waals surface area contributed by atoms with E-state index in [1.54, 1.807) is 0 Å². The fourth-order valence-electron chi connectivity index (χ4n) is 2.09. The molecule has 0 saturated heterocycles. The lowest BCUT2D eigenvalue weighted by molar-refractivity contribution is -0.274. The number of carbonyl (C=O) groups is 1. The van der Waals surface area contributed by atoms with Crippen LogP contribution >= 0.6 is 0 Å². The van der Waals surface area contributed by atoms with Crippen molar-refractivity contribution in [2.45, 2.75) is 13.3 Å². The van der Waals surface area contributed by atoms with Crippen molar-refractivity contribution < 1.29 is 45.0 Å². The zero-order valence-corrected chi connectivity index (χ0v) is 12.9. The van der Waals surface area contributed by atoms with E-state index in [0.29, 0.717) is 12.1 Å². The molecule has 0 N–H and O–H groups in total. The van der Waals surface area contributed by atoms with Crippen LogP contribution in [0.5, 0.6) is 5.75 Å². The second-order valence-corrected chi connectivity index (χ2v) is 4.80. The van der Waals surface area contributed by atoms with Gasteiger partial charge in [-0.2, -0.15) is 0 Å². The number of esters is 1. The smallest absolute Gasteiger partial charge is 0.462 e. The van der Waals surface area contributed by atoms with Gasteiger partial charge in [0.2, 0.25) is 0 Å². The van der Waals surface area contributed by atoms with Gasteiger partial charge in [0.25, 0.3) is 0 Å². The van der Waals surface area contributed by atoms with Crippen molar-refractivity contribution in [1.82, 2.24) is 0 Å². The van der Waals surface area contributed by atoms with Crippen LogP contribution in [0.25, 0.3) is 11.1 Å². The Morgan fingerprint density at radius 1 is 0.923 bits per heavy atom. The summed E-state index contributed by atoms with van der Waals surface area (Å²) in [6.07, 6.45) is -4.99. The van der Waals surface area contributed by atoms with Crippen molar-refractivity contribution in [3.05, 3.63) is 53.1 Å². The third kappa shape index (κ3) is 3.89. The van der Waals surface area contributed by atoms with Crippen molar-refractivity contribution in [3.63, 3.8) is 0 Å². The zero-order valence-electron chi connectivity index (χ0n) is 12.9. The first kappa shape index (κ1) is 19.5. The predicted octanol–water partition coefficient (Wildman–Crippen LogP) is 4.99. The highest BCUT2D eigenvalue weighted by molar-refractivity contribution is 5.91. The maximum absolute atomic E-state index is 14.2. The van der Waals surface area contributed by atoms with Gasteiger partial charge in [-0.25, -0.2) is 22.4 Å². The molecule has 0 aliphatic heterocycles. The van der Waals surface area contributed by atoms with E-state index in [1.807, 2.05) is 0 Å². The van der Waals surface area contributed by atoms with Gasteiger partial charge in [0.15, 0.2) is 23.3 Å². The van der Waals surface area contributed by atoms with Crippen LogP contribution in [0.1, 0.15) is 17.3 Å². The van der Waals surface area contributed by atoms with E-state index < -0.39 is 58.0 Å². The highest BCUT2D eigenvalue weighted by Gasteiger charge is 2.32.